The molecule has 5 aliphatic heterocycles. The average molecular weight is 827 g/mol. The summed E-state index contributed by atoms with van der Waals surface area (Å²) >= 11 is -1.44. The van der Waals surface area contributed by atoms with E-state index in [1.165, 1.54) is 6.08 Å². The fraction of sp³-hybridized carbons (Fsp3) is 0.909. The molecule has 26 heteroatoms. The molecule has 0 aromatic heterocycles. The Morgan fingerprint density at radius 2 is 1.02 bits per heavy atom. The normalized spacial score (nSPS) is 24.6. The third kappa shape index (κ3) is 33.8. The SMILES string of the molecule is CC.CC.CC.CC.CC1COS(=O)(=O)O1.O=S1(=O)C=CCO1.O=S1(=O)CS(=O)(=O)OCO1.O=S1(=O)OCCCO1.O=S1OCCCO1. The zero-order valence-corrected chi connectivity index (χ0v) is 33.3. The van der Waals surface area contributed by atoms with E-state index in [4.69, 9.17) is 0 Å². The van der Waals surface area contributed by atoms with E-state index in [0.29, 0.717) is 19.6 Å². The molecule has 5 rings (SSSR count). The lowest BCUT2D eigenvalue weighted by atomic mass is 10.5. The van der Waals surface area contributed by atoms with Gasteiger partial charge in [-0.3, -0.25) is 12.5 Å². The lowest BCUT2D eigenvalue weighted by Crippen LogP contribution is -2.28. The van der Waals surface area contributed by atoms with Gasteiger partial charge in [0.05, 0.1) is 45.0 Å². The van der Waals surface area contributed by atoms with E-state index in [-0.39, 0.29) is 32.5 Å². The summed E-state index contributed by atoms with van der Waals surface area (Å²) in [4.78, 5) is 0. The maximum atomic E-state index is 10.4. The van der Waals surface area contributed by atoms with E-state index in [0.717, 1.165) is 11.8 Å². The van der Waals surface area contributed by atoms with Gasteiger partial charge in [0.2, 0.25) is 5.08 Å². The predicted molar refractivity (Wildman–Crippen MR) is 175 cm³/mol. The first-order valence-corrected chi connectivity index (χ1v) is 22.7. The fourth-order valence-electron chi connectivity index (χ4n) is 1.94. The van der Waals surface area contributed by atoms with Crippen LogP contribution in [0.15, 0.2) is 11.5 Å². The van der Waals surface area contributed by atoms with Crippen molar-refractivity contribution in [1.29, 1.82) is 0 Å². The van der Waals surface area contributed by atoms with E-state index < -0.39 is 74.4 Å². The van der Waals surface area contributed by atoms with Crippen LogP contribution < -0.4 is 0 Å². The van der Waals surface area contributed by atoms with Crippen LogP contribution in [0.5, 0.6) is 0 Å². The van der Waals surface area contributed by atoms with Crippen LogP contribution in [0.4, 0.5) is 0 Å². The quantitative estimate of drug-likeness (QED) is 0.315. The molecule has 48 heavy (non-hydrogen) atoms. The van der Waals surface area contributed by atoms with Crippen molar-refractivity contribution in [2.45, 2.75) is 81.3 Å². The summed E-state index contributed by atoms with van der Waals surface area (Å²) in [6.07, 6.45) is 2.64. The van der Waals surface area contributed by atoms with Crippen molar-refractivity contribution in [3.05, 3.63) is 11.5 Å². The molecule has 294 valence electrons. The number of rotatable bonds is 0. The van der Waals surface area contributed by atoms with Crippen LogP contribution in [0.1, 0.15) is 75.2 Å². The van der Waals surface area contributed by atoms with Crippen molar-refractivity contribution in [2.24, 2.45) is 0 Å². The second kappa shape index (κ2) is 30.0. The average Bonchev–Trinajstić information content (AvgIpc) is 3.59. The van der Waals surface area contributed by atoms with Gasteiger partial charge in [-0.15, -0.1) is 0 Å². The standard InChI is InChI=1S/2C3H6O4S.C3H4O3S.C3H6O3S.C2H4O6S2.4C2H6/c1-3-2-6-8(4,5)7-3;4-8(5)6-2-1-3-7-8;4-7(5)3-1-2-6-7;4-7-5-2-1-3-6-7;3-9(4)2-10(5,6)8-1-7-9;4*1-2/h3H,2H2,1H3;1-3H2;1,3H,2H2;1-3H2;1-2H2;4*1-2H3. The van der Waals surface area contributed by atoms with Crippen molar-refractivity contribution in [3.8, 4) is 0 Å². The van der Waals surface area contributed by atoms with E-state index >= 15 is 0 Å². The van der Waals surface area contributed by atoms with Crippen LogP contribution in [-0.2, 0) is 100 Å². The molecular weight excluding hydrogens is 777 g/mol. The van der Waals surface area contributed by atoms with Crippen molar-refractivity contribution >= 4 is 62.5 Å². The molecule has 1 atom stereocenters. The van der Waals surface area contributed by atoms with Crippen molar-refractivity contribution in [3.63, 3.8) is 0 Å². The third-order valence-electron chi connectivity index (χ3n) is 3.46. The molecule has 0 aromatic carbocycles. The van der Waals surface area contributed by atoms with Gasteiger partial charge in [-0.05, 0) is 25.8 Å². The smallest absolute Gasteiger partial charge is 0.268 e. The Bertz CT molecular complexity index is 1310. The largest absolute Gasteiger partial charge is 0.400 e. The minimum Gasteiger partial charge on any atom is -0.268 e. The minimum absolute atomic E-state index is 0.141. The molecule has 5 heterocycles. The van der Waals surface area contributed by atoms with Crippen LogP contribution in [0.3, 0.4) is 0 Å². The van der Waals surface area contributed by atoms with Crippen LogP contribution in [0, 0.1) is 0 Å². The highest BCUT2D eigenvalue weighted by molar-refractivity contribution is 8.04. The number of hydrogen-bond acceptors (Lipinski definition) is 20. The Balaban J connectivity index is -0.000000240. The topological polar surface area (TPSA) is 271 Å². The van der Waals surface area contributed by atoms with Gasteiger partial charge >= 0.3 is 32.2 Å². The molecule has 0 radical (unpaired) electrons. The van der Waals surface area contributed by atoms with Gasteiger partial charge in [-0.1, -0.05) is 55.4 Å². The fourth-order valence-corrected chi connectivity index (χ4v) is 7.17. The summed E-state index contributed by atoms with van der Waals surface area (Å²) < 4.78 is 151. The first kappa shape index (κ1) is 54.1. The van der Waals surface area contributed by atoms with Crippen molar-refractivity contribution in [1.82, 2.24) is 0 Å². The molecule has 0 N–H and O–H groups in total. The summed E-state index contributed by atoms with van der Waals surface area (Å²) in [6.45, 7) is 18.9. The lowest BCUT2D eigenvalue weighted by molar-refractivity contribution is 0.124. The summed E-state index contributed by atoms with van der Waals surface area (Å²) in [6, 6.07) is 0. The van der Waals surface area contributed by atoms with Gasteiger partial charge in [-0.2, -0.15) is 46.3 Å². The molecule has 0 bridgehead atoms. The Hall–Kier alpha value is -0.720. The molecule has 0 aromatic rings. The molecule has 0 spiro atoms. The molecule has 4 saturated heterocycles. The minimum atomic E-state index is -3.90. The van der Waals surface area contributed by atoms with Crippen LogP contribution >= 0.6 is 0 Å². The third-order valence-corrected chi connectivity index (χ3v) is 10.3. The molecule has 0 saturated carbocycles. The first-order valence-electron chi connectivity index (χ1n) is 14.4. The van der Waals surface area contributed by atoms with Gasteiger partial charge in [0.25, 0.3) is 30.4 Å². The second-order valence-electron chi connectivity index (χ2n) is 6.94. The van der Waals surface area contributed by atoms with E-state index in [2.05, 4.69) is 37.6 Å². The predicted octanol–water partition coefficient (Wildman–Crippen LogP) is 1.91. The molecule has 5 aliphatic rings. The van der Waals surface area contributed by atoms with Crippen LogP contribution in [0.2, 0.25) is 0 Å². The molecule has 20 nitrogen and oxygen atoms in total. The zero-order chi connectivity index (χ0) is 38.5. The van der Waals surface area contributed by atoms with Gasteiger partial charge in [0.1, 0.15) is 6.10 Å². The van der Waals surface area contributed by atoms with Crippen LogP contribution in [0.25, 0.3) is 0 Å². The Morgan fingerprint density at radius 3 is 1.19 bits per heavy atom. The van der Waals surface area contributed by atoms with Gasteiger partial charge in [0.15, 0.2) is 6.79 Å². The molecule has 1 unspecified atom stereocenters. The van der Waals surface area contributed by atoms with Gasteiger partial charge in [-0.25, -0.2) is 25.1 Å². The molecular formula is C22H50O20S6. The number of hydrogen-bond donors (Lipinski definition) is 0. The molecule has 4 fully saturated rings. The Morgan fingerprint density at radius 1 is 0.583 bits per heavy atom. The van der Waals surface area contributed by atoms with Gasteiger partial charge in [0, 0.05) is 0 Å². The lowest BCUT2D eigenvalue weighted by Gasteiger charge is -2.11. The van der Waals surface area contributed by atoms with Crippen molar-refractivity contribution < 1.29 is 83.9 Å². The summed E-state index contributed by atoms with van der Waals surface area (Å²) in [5.41, 5.74) is 0. The zero-order valence-electron chi connectivity index (χ0n) is 28.4. The maximum absolute atomic E-state index is 10.4. The first-order chi connectivity index (χ1) is 22.3. The summed E-state index contributed by atoms with van der Waals surface area (Å²) in [7, 11) is -18.2. The van der Waals surface area contributed by atoms with Crippen molar-refractivity contribution in [2.75, 3.05) is 51.5 Å². The van der Waals surface area contributed by atoms with E-state index in [1.54, 1.807) is 6.92 Å². The second-order valence-corrected chi connectivity index (χ2v) is 15.5. The maximum Gasteiger partial charge on any atom is 0.400 e. The highest BCUT2D eigenvalue weighted by Gasteiger charge is 2.29. The molecule has 0 amide bonds. The monoisotopic (exact) mass is 826 g/mol. The summed E-state index contributed by atoms with van der Waals surface area (Å²) in [5, 5.41) is -0.0486. The van der Waals surface area contributed by atoms with Crippen LogP contribution in [-0.4, -0.2) is 104 Å². The van der Waals surface area contributed by atoms with E-state index in [9.17, 15) is 46.3 Å². The van der Waals surface area contributed by atoms with Gasteiger partial charge < -0.3 is 0 Å². The summed E-state index contributed by atoms with van der Waals surface area (Å²) in [5.74, 6) is 0. The Labute approximate surface area is 289 Å². The highest BCUT2D eigenvalue weighted by Crippen LogP contribution is 2.11. The highest BCUT2D eigenvalue weighted by atomic mass is 32.3. The van der Waals surface area contributed by atoms with E-state index in [1.807, 2.05) is 55.4 Å². The Kier molecular flexibility index (Phi) is 33.7. The molecule has 0 aliphatic carbocycles.